The van der Waals surface area contributed by atoms with Gasteiger partial charge in [-0.3, -0.25) is 9.59 Å². The van der Waals surface area contributed by atoms with Crippen molar-refractivity contribution in [2.75, 3.05) is 12.8 Å². The van der Waals surface area contributed by atoms with Crippen LogP contribution in [0.3, 0.4) is 0 Å². The van der Waals surface area contributed by atoms with E-state index in [-0.39, 0.29) is 28.6 Å². The second-order valence-corrected chi connectivity index (χ2v) is 7.55. The standard InChI is InChI=1S/C18H16N4O3S/c1-22-12-8-11(12)18(25,17(22)24)6-5-9-3-2-4-10(7-9)16-21-13(14(19)23)15(20)26-16/h2-4,7,11-12,25H,8,20H2,1H3,(H2,19,23)/t11-,12+,18-/m1/s1. The number of likely N-dealkylation sites (N-methyl/N-ethyl adjacent to an activating group) is 1. The van der Waals surface area contributed by atoms with Gasteiger partial charge in [-0.1, -0.05) is 35.3 Å². The van der Waals surface area contributed by atoms with E-state index in [1.807, 2.05) is 6.07 Å². The third-order valence-corrected chi connectivity index (χ3v) is 5.76. The molecule has 1 aliphatic carbocycles. The zero-order chi connectivity index (χ0) is 18.6. The van der Waals surface area contributed by atoms with E-state index >= 15 is 0 Å². The Balaban J connectivity index is 1.65. The summed E-state index contributed by atoms with van der Waals surface area (Å²) in [4.78, 5) is 29.2. The third-order valence-electron chi connectivity index (χ3n) is 4.83. The minimum absolute atomic E-state index is 0.0511. The predicted octanol–water partition coefficient (Wildman–Crippen LogP) is 0.434. The normalized spacial score (nSPS) is 26.2. The molecule has 3 atom stereocenters. The van der Waals surface area contributed by atoms with Crippen LogP contribution < -0.4 is 11.5 Å². The Labute approximate surface area is 153 Å². The fourth-order valence-corrected chi connectivity index (χ4v) is 4.15. The highest BCUT2D eigenvalue weighted by Gasteiger charge is 2.66. The molecule has 1 aromatic carbocycles. The number of amides is 2. The van der Waals surface area contributed by atoms with Crippen molar-refractivity contribution in [2.45, 2.75) is 18.1 Å². The number of likely N-dealkylation sites (tertiary alicyclic amines) is 1. The Morgan fingerprint density at radius 2 is 2.27 bits per heavy atom. The van der Waals surface area contributed by atoms with E-state index in [0.29, 0.717) is 10.6 Å². The smallest absolute Gasteiger partial charge is 0.270 e. The highest BCUT2D eigenvalue weighted by Crippen LogP contribution is 2.50. The lowest BCUT2D eigenvalue weighted by Gasteiger charge is -2.18. The number of carbonyl (C=O) groups is 2. The van der Waals surface area contributed by atoms with Gasteiger partial charge in [0, 0.05) is 30.1 Å². The minimum Gasteiger partial charge on any atom is -0.389 e. The van der Waals surface area contributed by atoms with Crippen LogP contribution in [0.15, 0.2) is 24.3 Å². The molecule has 2 aliphatic rings. The van der Waals surface area contributed by atoms with E-state index in [1.165, 1.54) is 0 Å². The number of hydrogen-bond acceptors (Lipinski definition) is 6. The number of primary amides is 1. The van der Waals surface area contributed by atoms with Crippen LogP contribution in [-0.4, -0.2) is 45.5 Å². The molecule has 0 bridgehead atoms. The molecule has 7 nitrogen and oxygen atoms in total. The van der Waals surface area contributed by atoms with Gasteiger partial charge in [-0.25, -0.2) is 4.98 Å². The molecular formula is C18H16N4O3S. The number of piperidine rings is 1. The van der Waals surface area contributed by atoms with Crippen LogP contribution in [0, 0.1) is 17.8 Å². The average Bonchev–Trinajstić information content (AvgIpc) is 3.29. The maximum absolute atomic E-state index is 12.2. The predicted molar refractivity (Wildman–Crippen MR) is 97.0 cm³/mol. The molecule has 0 unspecified atom stereocenters. The minimum atomic E-state index is -1.61. The van der Waals surface area contributed by atoms with Crippen molar-refractivity contribution in [3.63, 3.8) is 0 Å². The summed E-state index contributed by atoms with van der Waals surface area (Å²) in [5.74, 6) is 4.51. The van der Waals surface area contributed by atoms with Gasteiger partial charge in [0.2, 0.25) is 5.60 Å². The van der Waals surface area contributed by atoms with Crippen LogP contribution in [0.25, 0.3) is 10.6 Å². The fourth-order valence-electron chi connectivity index (χ4n) is 3.31. The van der Waals surface area contributed by atoms with Crippen molar-refractivity contribution in [3.05, 3.63) is 35.5 Å². The Morgan fingerprint density at radius 3 is 2.88 bits per heavy atom. The largest absolute Gasteiger partial charge is 0.389 e. The van der Waals surface area contributed by atoms with Crippen molar-refractivity contribution in [1.82, 2.24) is 9.88 Å². The first kappa shape index (κ1) is 16.6. The summed E-state index contributed by atoms with van der Waals surface area (Å²) in [5, 5.41) is 11.5. The number of hydrogen-bond donors (Lipinski definition) is 3. The van der Waals surface area contributed by atoms with Crippen molar-refractivity contribution < 1.29 is 14.7 Å². The first-order valence-electron chi connectivity index (χ1n) is 8.00. The number of anilines is 1. The number of thiazole rings is 1. The summed E-state index contributed by atoms with van der Waals surface area (Å²) in [7, 11) is 1.69. The number of aliphatic hydroxyl groups is 1. The monoisotopic (exact) mass is 368 g/mol. The van der Waals surface area contributed by atoms with Gasteiger partial charge in [0.15, 0.2) is 5.69 Å². The maximum atomic E-state index is 12.2. The number of benzene rings is 1. The Hall–Kier alpha value is -2.89. The van der Waals surface area contributed by atoms with Crippen molar-refractivity contribution >= 4 is 28.2 Å². The van der Waals surface area contributed by atoms with Gasteiger partial charge in [0.05, 0.1) is 0 Å². The molecule has 132 valence electrons. The molecule has 2 heterocycles. The second-order valence-electron chi connectivity index (χ2n) is 6.52. The number of fused-ring (bicyclic) bond motifs is 1. The molecule has 0 radical (unpaired) electrons. The van der Waals surface area contributed by atoms with Crippen LogP contribution in [0.5, 0.6) is 0 Å². The van der Waals surface area contributed by atoms with E-state index in [2.05, 4.69) is 16.8 Å². The lowest BCUT2D eigenvalue weighted by Crippen LogP contribution is -2.41. The zero-order valence-electron chi connectivity index (χ0n) is 13.9. The molecule has 4 rings (SSSR count). The summed E-state index contributed by atoms with van der Waals surface area (Å²) >= 11 is 1.16. The Morgan fingerprint density at radius 1 is 1.50 bits per heavy atom. The van der Waals surface area contributed by atoms with Crippen molar-refractivity contribution in [2.24, 2.45) is 11.7 Å². The molecule has 1 saturated carbocycles. The van der Waals surface area contributed by atoms with Crippen LogP contribution in [-0.2, 0) is 4.79 Å². The van der Waals surface area contributed by atoms with Gasteiger partial charge >= 0.3 is 0 Å². The summed E-state index contributed by atoms with van der Waals surface area (Å²) < 4.78 is 0. The lowest BCUT2D eigenvalue weighted by molar-refractivity contribution is -0.140. The summed E-state index contributed by atoms with van der Waals surface area (Å²) in [6.07, 6.45) is 0.780. The van der Waals surface area contributed by atoms with E-state index in [9.17, 15) is 14.7 Å². The van der Waals surface area contributed by atoms with Crippen LogP contribution >= 0.6 is 11.3 Å². The number of nitrogens with zero attached hydrogens (tertiary/aromatic N) is 2. The molecule has 0 spiro atoms. The molecule has 2 amide bonds. The van der Waals surface area contributed by atoms with Crippen LogP contribution in [0.2, 0.25) is 0 Å². The van der Waals surface area contributed by atoms with Gasteiger partial charge < -0.3 is 21.5 Å². The second kappa shape index (κ2) is 5.56. The first-order valence-corrected chi connectivity index (χ1v) is 8.82. The number of rotatable bonds is 2. The molecule has 1 aromatic heterocycles. The number of carbonyl (C=O) groups excluding carboxylic acids is 2. The molecular weight excluding hydrogens is 352 g/mol. The van der Waals surface area contributed by atoms with Crippen LogP contribution in [0.1, 0.15) is 22.5 Å². The zero-order valence-corrected chi connectivity index (χ0v) is 14.7. The highest BCUT2D eigenvalue weighted by atomic mass is 32.1. The van der Waals surface area contributed by atoms with Gasteiger partial charge in [-0.15, -0.1) is 0 Å². The fraction of sp³-hybridized carbons (Fsp3) is 0.278. The van der Waals surface area contributed by atoms with E-state index in [0.717, 1.165) is 23.3 Å². The van der Waals surface area contributed by atoms with Gasteiger partial charge in [-0.2, -0.15) is 0 Å². The van der Waals surface area contributed by atoms with E-state index < -0.39 is 11.5 Å². The number of nitrogen functional groups attached to an aromatic ring is 1. The van der Waals surface area contributed by atoms with E-state index in [1.54, 1.807) is 30.1 Å². The quantitative estimate of drug-likeness (QED) is 0.664. The lowest BCUT2D eigenvalue weighted by atomic mass is 9.99. The third kappa shape index (κ3) is 2.44. The average molecular weight is 368 g/mol. The van der Waals surface area contributed by atoms with Crippen molar-refractivity contribution in [3.8, 4) is 22.4 Å². The number of nitrogens with two attached hydrogens (primary N) is 2. The van der Waals surface area contributed by atoms with Gasteiger partial charge in [-0.05, 0) is 18.6 Å². The topological polar surface area (TPSA) is 123 Å². The summed E-state index contributed by atoms with van der Waals surface area (Å²) in [6.45, 7) is 0. The Bertz CT molecular complexity index is 1010. The molecule has 1 saturated heterocycles. The van der Waals surface area contributed by atoms with Gasteiger partial charge in [0.25, 0.3) is 11.8 Å². The first-order chi connectivity index (χ1) is 12.3. The summed E-state index contributed by atoms with van der Waals surface area (Å²) in [5.41, 5.74) is 10.8. The van der Waals surface area contributed by atoms with Crippen LogP contribution in [0.4, 0.5) is 5.00 Å². The van der Waals surface area contributed by atoms with Gasteiger partial charge in [0.1, 0.15) is 10.0 Å². The maximum Gasteiger partial charge on any atom is 0.270 e. The molecule has 2 aromatic rings. The molecule has 5 N–H and O–H groups in total. The Kier molecular flexibility index (Phi) is 3.54. The number of aromatic nitrogens is 1. The molecule has 2 fully saturated rings. The molecule has 1 aliphatic heterocycles. The summed E-state index contributed by atoms with van der Waals surface area (Å²) in [6, 6.07) is 7.24. The van der Waals surface area contributed by atoms with E-state index in [4.69, 9.17) is 11.5 Å². The molecule has 26 heavy (non-hydrogen) atoms. The molecule has 8 heteroatoms. The SMILES string of the molecule is CN1C(=O)[C@@](O)(C#Cc2cccc(-c3nc(C(N)=O)c(N)s3)c2)[C@@H]2C[C@@H]21. The highest BCUT2D eigenvalue weighted by molar-refractivity contribution is 7.19. The van der Waals surface area contributed by atoms with Crippen molar-refractivity contribution in [1.29, 1.82) is 0 Å².